The molecule has 0 bridgehead atoms. The van der Waals surface area contributed by atoms with Gasteiger partial charge in [0.05, 0.1) is 11.2 Å². The molecular weight excluding hydrogens is 282 g/mol. The second-order valence-electron chi connectivity index (χ2n) is 6.55. The molecule has 1 fully saturated rings. The molecule has 0 unspecified atom stereocenters. The fourth-order valence-corrected chi connectivity index (χ4v) is 2.78. The van der Waals surface area contributed by atoms with Crippen LogP contribution in [-0.4, -0.2) is 38.7 Å². The zero-order valence-electron chi connectivity index (χ0n) is 13.4. The molecule has 0 radical (unpaired) electrons. The first kappa shape index (κ1) is 16.5. The number of anilines is 2. The molecule has 1 heterocycles. The smallest absolute Gasteiger partial charge is 0.254 e. The number of primary amides is 1. The van der Waals surface area contributed by atoms with Crippen LogP contribution in [0.4, 0.5) is 11.8 Å². The highest BCUT2D eigenvalue weighted by Crippen LogP contribution is 2.30. The highest BCUT2D eigenvalue weighted by molar-refractivity contribution is 5.97. The van der Waals surface area contributed by atoms with Crippen LogP contribution in [0, 0.1) is 0 Å². The molecule has 22 heavy (non-hydrogen) atoms. The van der Waals surface area contributed by atoms with E-state index >= 15 is 0 Å². The Morgan fingerprint density at radius 3 is 2.86 bits per heavy atom. The molecule has 5 N–H and O–H groups in total. The Morgan fingerprint density at radius 2 is 2.27 bits per heavy atom. The van der Waals surface area contributed by atoms with Crippen LogP contribution < -0.4 is 16.4 Å². The van der Waals surface area contributed by atoms with Gasteiger partial charge in [-0.1, -0.05) is 0 Å². The lowest BCUT2D eigenvalue weighted by atomic mass is 9.83. The van der Waals surface area contributed by atoms with E-state index in [1.807, 2.05) is 20.8 Å². The Bertz CT molecular complexity index is 545. The monoisotopic (exact) mass is 307 g/mol. The molecule has 0 spiro atoms. The van der Waals surface area contributed by atoms with E-state index in [1.165, 1.54) is 6.20 Å². The van der Waals surface area contributed by atoms with Crippen molar-refractivity contribution < 1.29 is 9.90 Å². The first-order valence-electron chi connectivity index (χ1n) is 7.69. The molecule has 7 heteroatoms. The highest BCUT2D eigenvalue weighted by atomic mass is 16.3. The number of amides is 1. The van der Waals surface area contributed by atoms with Crippen LogP contribution in [0.15, 0.2) is 6.20 Å². The number of aliphatic hydroxyl groups is 1. The number of carbonyl (C=O) groups excluding carboxylic acids is 1. The quantitative estimate of drug-likeness (QED) is 0.655. The Morgan fingerprint density at radius 1 is 1.55 bits per heavy atom. The van der Waals surface area contributed by atoms with Crippen molar-refractivity contribution in [3.8, 4) is 0 Å². The molecule has 122 valence electrons. The number of hydrogen-bond donors (Lipinski definition) is 4. The van der Waals surface area contributed by atoms with E-state index < -0.39 is 11.5 Å². The predicted molar refractivity (Wildman–Crippen MR) is 85.8 cm³/mol. The molecule has 0 saturated heterocycles. The molecule has 1 amide bonds. The van der Waals surface area contributed by atoms with Crippen molar-refractivity contribution in [3.63, 3.8) is 0 Å². The van der Waals surface area contributed by atoms with E-state index in [4.69, 9.17) is 5.73 Å². The van der Waals surface area contributed by atoms with Gasteiger partial charge in [0.25, 0.3) is 5.91 Å². The van der Waals surface area contributed by atoms with Gasteiger partial charge in [-0.2, -0.15) is 4.98 Å². The first-order chi connectivity index (χ1) is 10.3. The zero-order chi connectivity index (χ0) is 16.3. The molecule has 0 aromatic carbocycles. The largest absolute Gasteiger partial charge is 0.390 e. The van der Waals surface area contributed by atoms with Crippen molar-refractivity contribution >= 4 is 17.7 Å². The van der Waals surface area contributed by atoms with E-state index in [0.29, 0.717) is 18.2 Å². The topological polar surface area (TPSA) is 113 Å². The Hall–Kier alpha value is -1.89. The van der Waals surface area contributed by atoms with Crippen molar-refractivity contribution in [1.82, 2.24) is 9.97 Å². The van der Waals surface area contributed by atoms with Crippen LogP contribution in [0.5, 0.6) is 0 Å². The first-order valence-corrected chi connectivity index (χ1v) is 7.69. The van der Waals surface area contributed by atoms with Gasteiger partial charge in [-0.25, -0.2) is 4.98 Å². The van der Waals surface area contributed by atoms with Crippen LogP contribution in [0.3, 0.4) is 0 Å². The van der Waals surface area contributed by atoms with Crippen LogP contribution in [0.1, 0.15) is 56.8 Å². The van der Waals surface area contributed by atoms with Crippen LogP contribution in [0.25, 0.3) is 0 Å². The average Bonchev–Trinajstić information content (AvgIpc) is 2.36. The average molecular weight is 307 g/mol. The van der Waals surface area contributed by atoms with E-state index in [9.17, 15) is 9.90 Å². The van der Waals surface area contributed by atoms with Crippen LogP contribution in [-0.2, 0) is 0 Å². The maximum atomic E-state index is 11.6. The Balaban J connectivity index is 2.21. The van der Waals surface area contributed by atoms with Crippen LogP contribution >= 0.6 is 0 Å². The number of aromatic nitrogens is 2. The minimum atomic E-state index is -0.686. The van der Waals surface area contributed by atoms with E-state index in [2.05, 4.69) is 20.6 Å². The predicted octanol–water partition coefficient (Wildman–Crippen LogP) is 1.50. The normalized spacial score (nSPS) is 25.0. The highest BCUT2D eigenvalue weighted by Gasteiger charge is 2.30. The van der Waals surface area contributed by atoms with Gasteiger partial charge >= 0.3 is 0 Å². The summed E-state index contributed by atoms with van der Waals surface area (Å²) < 4.78 is 0. The van der Waals surface area contributed by atoms with Crippen molar-refractivity contribution in [2.45, 2.75) is 64.1 Å². The maximum Gasteiger partial charge on any atom is 0.254 e. The van der Waals surface area contributed by atoms with E-state index in [0.717, 1.165) is 19.3 Å². The zero-order valence-corrected chi connectivity index (χ0v) is 13.4. The number of nitrogens with zero attached hydrogens (tertiary/aromatic N) is 2. The number of hydrogen-bond acceptors (Lipinski definition) is 6. The maximum absolute atomic E-state index is 11.6. The summed E-state index contributed by atoms with van der Waals surface area (Å²) in [6.45, 7) is 5.80. The number of rotatable bonds is 5. The van der Waals surface area contributed by atoms with E-state index in [1.54, 1.807) is 0 Å². The standard InChI is InChI=1S/C15H25N5O2/c1-9(2)18-14-17-8-11(12(16)21)13(20-14)19-10-5-4-6-15(3,22)7-10/h8-10,22H,4-7H2,1-3H3,(H2,16,21)(H2,17,18,19,20)/t10-,15+/m1/s1. The molecule has 1 aromatic rings. The third-order valence-corrected chi connectivity index (χ3v) is 3.77. The minimum Gasteiger partial charge on any atom is -0.390 e. The third kappa shape index (κ3) is 4.30. The van der Waals surface area contributed by atoms with Gasteiger partial charge in [0.1, 0.15) is 5.82 Å². The summed E-state index contributed by atoms with van der Waals surface area (Å²) in [6, 6.07) is 0.242. The second kappa shape index (κ2) is 6.48. The molecule has 1 saturated carbocycles. The summed E-state index contributed by atoms with van der Waals surface area (Å²) in [7, 11) is 0. The van der Waals surface area contributed by atoms with Gasteiger partial charge in [0.2, 0.25) is 5.95 Å². The molecular formula is C15H25N5O2. The summed E-state index contributed by atoms with van der Waals surface area (Å²) >= 11 is 0. The number of nitrogens with one attached hydrogen (secondary N) is 2. The van der Waals surface area contributed by atoms with Gasteiger partial charge in [-0.15, -0.1) is 0 Å². The fraction of sp³-hybridized carbons (Fsp3) is 0.667. The fourth-order valence-electron chi connectivity index (χ4n) is 2.78. The summed E-state index contributed by atoms with van der Waals surface area (Å²) in [6.07, 6.45) is 4.69. The molecule has 1 aromatic heterocycles. The van der Waals surface area contributed by atoms with Gasteiger partial charge in [0.15, 0.2) is 0 Å². The molecule has 1 aliphatic rings. The van der Waals surface area contributed by atoms with Crippen molar-refractivity contribution in [2.24, 2.45) is 5.73 Å². The summed E-state index contributed by atoms with van der Waals surface area (Å²) in [5.74, 6) is 0.305. The van der Waals surface area contributed by atoms with E-state index in [-0.39, 0.29) is 17.6 Å². The van der Waals surface area contributed by atoms with Crippen molar-refractivity contribution in [3.05, 3.63) is 11.8 Å². The summed E-state index contributed by atoms with van der Waals surface area (Å²) in [5.41, 5.74) is 4.97. The van der Waals surface area contributed by atoms with Crippen molar-refractivity contribution in [1.29, 1.82) is 0 Å². The second-order valence-corrected chi connectivity index (χ2v) is 6.55. The SMILES string of the molecule is CC(C)Nc1ncc(C(N)=O)c(N[C@@H]2CCC[C@](C)(O)C2)n1. The van der Waals surface area contributed by atoms with Crippen LogP contribution in [0.2, 0.25) is 0 Å². The summed E-state index contributed by atoms with van der Waals surface area (Å²) in [4.78, 5) is 20.0. The van der Waals surface area contributed by atoms with Gasteiger partial charge in [-0.3, -0.25) is 4.79 Å². The molecule has 2 rings (SSSR count). The van der Waals surface area contributed by atoms with Gasteiger partial charge < -0.3 is 21.5 Å². The van der Waals surface area contributed by atoms with Gasteiger partial charge in [-0.05, 0) is 46.5 Å². The Kier molecular flexibility index (Phi) is 4.85. The lowest BCUT2D eigenvalue weighted by molar-refractivity contribution is 0.0182. The molecule has 7 nitrogen and oxygen atoms in total. The lowest BCUT2D eigenvalue weighted by Crippen LogP contribution is -2.38. The lowest BCUT2D eigenvalue weighted by Gasteiger charge is -2.34. The third-order valence-electron chi connectivity index (χ3n) is 3.77. The summed E-state index contributed by atoms with van der Waals surface area (Å²) in [5, 5.41) is 16.5. The minimum absolute atomic E-state index is 0.0589. The molecule has 0 aliphatic heterocycles. The van der Waals surface area contributed by atoms with Gasteiger partial charge in [0, 0.05) is 18.3 Å². The molecule has 1 aliphatic carbocycles. The van der Waals surface area contributed by atoms with Crippen molar-refractivity contribution in [2.75, 3.05) is 10.6 Å². The Labute approximate surface area is 130 Å². The number of nitrogens with two attached hydrogens (primary N) is 1. The molecule has 2 atom stereocenters. The number of carbonyl (C=O) groups is 1.